The third-order valence-electron chi connectivity index (χ3n) is 3.00. The number of benzene rings is 2. The van der Waals surface area contributed by atoms with Crippen molar-refractivity contribution in [3.63, 3.8) is 0 Å². The summed E-state index contributed by atoms with van der Waals surface area (Å²) in [6.45, 7) is 0. The summed E-state index contributed by atoms with van der Waals surface area (Å²) < 4.78 is 0. The Morgan fingerprint density at radius 3 is 2.50 bits per heavy atom. The molecule has 0 spiro atoms. The zero-order chi connectivity index (χ0) is 12.4. The Morgan fingerprint density at radius 2 is 1.72 bits per heavy atom. The minimum atomic E-state index is 0.503. The minimum Gasteiger partial charge on any atom is -0.256 e. The fourth-order valence-corrected chi connectivity index (χ4v) is 2.20. The number of aromatic nitrogens is 1. The monoisotopic (exact) mass is 253 g/mol. The SMILES string of the molecule is ClCc1cnc2cc(-c3ccccc3)ccc2c1. The molecule has 1 nitrogen and oxygen atoms in total. The summed E-state index contributed by atoms with van der Waals surface area (Å²) in [5, 5.41) is 1.13. The van der Waals surface area contributed by atoms with Gasteiger partial charge in [0.25, 0.3) is 0 Å². The molecular formula is C16H12ClN. The molecule has 0 saturated carbocycles. The fraction of sp³-hybridized carbons (Fsp3) is 0.0625. The van der Waals surface area contributed by atoms with Gasteiger partial charge < -0.3 is 0 Å². The first-order valence-electron chi connectivity index (χ1n) is 5.87. The lowest BCUT2D eigenvalue weighted by molar-refractivity contribution is 1.30. The van der Waals surface area contributed by atoms with Gasteiger partial charge in [-0.2, -0.15) is 0 Å². The van der Waals surface area contributed by atoms with Crippen LogP contribution in [0.3, 0.4) is 0 Å². The van der Waals surface area contributed by atoms with Gasteiger partial charge in [0, 0.05) is 17.5 Å². The molecule has 1 aromatic heterocycles. The molecule has 3 rings (SSSR count). The van der Waals surface area contributed by atoms with Crippen molar-refractivity contribution in [1.82, 2.24) is 4.98 Å². The van der Waals surface area contributed by atoms with Gasteiger partial charge in [0.05, 0.1) is 5.52 Å². The average Bonchev–Trinajstić information content (AvgIpc) is 2.47. The molecule has 2 heteroatoms. The van der Waals surface area contributed by atoms with Gasteiger partial charge in [-0.15, -0.1) is 11.6 Å². The van der Waals surface area contributed by atoms with Crippen molar-refractivity contribution in [3.8, 4) is 11.1 Å². The van der Waals surface area contributed by atoms with Crippen LogP contribution in [0.1, 0.15) is 5.56 Å². The van der Waals surface area contributed by atoms with Gasteiger partial charge in [-0.05, 0) is 28.8 Å². The van der Waals surface area contributed by atoms with E-state index in [-0.39, 0.29) is 0 Å². The maximum Gasteiger partial charge on any atom is 0.0708 e. The second kappa shape index (κ2) is 4.79. The number of rotatable bonds is 2. The Balaban J connectivity index is 2.12. The number of hydrogen-bond acceptors (Lipinski definition) is 1. The van der Waals surface area contributed by atoms with Gasteiger partial charge in [-0.1, -0.05) is 42.5 Å². The highest BCUT2D eigenvalue weighted by Gasteiger charge is 2.01. The first-order chi connectivity index (χ1) is 8.86. The van der Waals surface area contributed by atoms with E-state index in [0.29, 0.717) is 5.88 Å². The summed E-state index contributed by atoms with van der Waals surface area (Å²) in [7, 11) is 0. The van der Waals surface area contributed by atoms with Crippen LogP contribution in [0.5, 0.6) is 0 Å². The summed E-state index contributed by atoms with van der Waals surface area (Å²) >= 11 is 5.81. The molecule has 2 aromatic carbocycles. The first kappa shape index (κ1) is 11.2. The maximum absolute atomic E-state index is 5.81. The summed E-state index contributed by atoms with van der Waals surface area (Å²) in [5.74, 6) is 0.503. The Morgan fingerprint density at radius 1 is 0.889 bits per heavy atom. The zero-order valence-corrected chi connectivity index (χ0v) is 10.6. The lowest BCUT2D eigenvalue weighted by atomic mass is 10.0. The van der Waals surface area contributed by atoms with Crippen LogP contribution in [0.25, 0.3) is 22.0 Å². The Hall–Kier alpha value is -1.86. The molecule has 0 N–H and O–H groups in total. The Kier molecular flexibility index (Phi) is 2.99. The highest BCUT2D eigenvalue weighted by atomic mass is 35.5. The van der Waals surface area contributed by atoms with Crippen LogP contribution in [0.2, 0.25) is 0 Å². The van der Waals surface area contributed by atoms with Crippen LogP contribution in [0.4, 0.5) is 0 Å². The van der Waals surface area contributed by atoms with Crippen LogP contribution in [-0.4, -0.2) is 4.98 Å². The van der Waals surface area contributed by atoms with Crippen LogP contribution in [0, 0.1) is 0 Å². The normalized spacial score (nSPS) is 10.7. The van der Waals surface area contributed by atoms with Crippen molar-refractivity contribution >= 4 is 22.5 Å². The molecule has 3 aromatic rings. The van der Waals surface area contributed by atoms with E-state index in [9.17, 15) is 0 Å². The molecule has 0 saturated heterocycles. The van der Waals surface area contributed by atoms with Crippen molar-refractivity contribution in [1.29, 1.82) is 0 Å². The largest absolute Gasteiger partial charge is 0.256 e. The molecule has 0 aliphatic heterocycles. The van der Waals surface area contributed by atoms with Gasteiger partial charge in [0.2, 0.25) is 0 Å². The molecule has 0 aliphatic carbocycles. The third-order valence-corrected chi connectivity index (χ3v) is 3.31. The number of hydrogen-bond donors (Lipinski definition) is 0. The minimum absolute atomic E-state index is 0.503. The van der Waals surface area contributed by atoms with Crippen molar-refractivity contribution in [2.75, 3.05) is 0 Å². The van der Waals surface area contributed by atoms with E-state index in [1.807, 2.05) is 24.4 Å². The van der Waals surface area contributed by atoms with Crippen LogP contribution in [0.15, 0.2) is 60.8 Å². The van der Waals surface area contributed by atoms with E-state index in [1.54, 1.807) is 0 Å². The standard InChI is InChI=1S/C16H12ClN/c17-10-12-8-15-7-6-14(9-16(15)18-11-12)13-4-2-1-3-5-13/h1-9,11H,10H2. The molecule has 0 atom stereocenters. The zero-order valence-electron chi connectivity index (χ0n) is 9.81. The van der Waals surface area contributed by atoms with Crippen molar-refractivity contribution in [2.45, 2.75) is 5.88 Å². The van der Waals surface area contributed by atoms with Crippen molar-refractivity contribution < 1.29 is 0 Å². The number of fused-ring (bicyclic) bond motifs is 1. The van der Waals surface area contributed by atoms with E-state index >= 15 is 0 Å². The maximum atomic E-state index is 5.81. The Bertz CT molecular complexity index is 677. The van der Waals surface area contributed by atoms with Gasteiger partial charge in [0.1, 0.15) is 0 Å². The number of halogens is 1. The van der Waals surface area contributed by atoms with E-state index < -0.39 is 0 Å². The van der Waals surface area contributed by atoms with Crippen molar-refractivity contribution in [3.05, 3.63) is 66.4 Å². The third kappa shape index (κ3) is 2.09. The quantitative estimate of drug-likeness (QED) is 0.606. The predicted octanol–water partition coefficient (Wildman–Crippen LogP) is 4.64. The molecule has 1 heterocycles. The van der Waals surface area contributed by atoms with Gasteiger partial charge in [-0.25, -0.2) is 0 Å². The summed E-state index contributed by atoms with van der Waals surface area (Å²) in [4.78, 5) is 4.45. The summed E-state index contributed by atoms with van der Waals surface area (Å²) in [5.41, 5.74) is 4.46. The average molecular weight is 254 g/mol. The molecule has 88 valence electrons. The van der Waals surface area contributed by atoms with Crippen LogP contribution < -0.4 is 0 Å². The molecule has 0 fully saturated rings. The second-order valence-electron chi connectivity index (χ2n) is 4.25. The highest BCUT2D eigenvalue weighted by molar-refractivity contribution is 6.17. The summed E-state index contributed by atoms with van der Waals surface area (Å²) in [6.07, 6.45) is 1.84. The van der Waals surface area contributed by atoms with Crippen molar-refractivity contribution in [2.24, 2.45) is 0 Å². The molecular weight excluding hydrogens is 242 g/mol. The lowest BCUT2D eigenvalue weighted by Gasteiger charge is -2.04. The van der Waals surface area contributed by atoms with Crippen LogP contribution >= 0.6 is 11.6 Å². The molecule has 0 unspecified atom stereocenters. The lowest BCUT2D eigenvalue weighted by Crippen LogP contribution is -1.85. The van der Waals surface area contributed by atoms with Crippen LogP contribution in [-0.2, 0) is 5.88 Å². The van der Waals surface area contributed by atoms with Gasteiger partial charge in [0.15, 0.2) is 0 Å². The molecule has 18 heavy (non-hydrogen) atoms. The molecule has 0 aliphatic rings. The number of nitrogens with zero attached hydrogens (tertiary/aromatic N) is 1. The van der Waals surface area contributed by atoms with E-state index in [1.165, 1.54) is 11.1 Å². The highest BCUT2D eigenvalue weighted by Crippen LogP contribution is 2.23. The first-order valence-corrected chi connectivity index (χ1v) is 6.40. The molecule has 0 radical (unpaired) electrons. The second-order valence-corrected chi connectivity index (χ2v) is 4.52. The number of pyridine rings is 1. The van der Waals surface area contributed by atoms with Gasteiger partial charge >= 0.3 is 0 Å². The van der Waals surface area contributed by atoms with E-state index in [2.05, 4.69) is 41.4 Å². The van der Waals surface area contributed by atoms with E-state index in [4.69, 9.17) is 11.6 Å². The summed E-state index contributed by atoms with van der Waals surface area (Å²) in [6, 6.07) is 18.7. The Labute approximate surface area is 111 Å². The predicted molar refractivity (Wildman–Crippen MR) is 76.7 cm³/mol. The van der Waals surface area contributed by atoms with E-state index in [0.717, 1.165) is 16.5 Å². The molecule has 0 amide bonds. The number of alkyl halides is 1. The smallest absolute Gasteiger partial charge is 0.0708 e. The van der Waals surface area contributed by atoms with Gasteiger partial charge in [-0.3, -0.25) is 4.98 Å². The fourth-order valence-electron chi connectivity index (χ4n) is 2.05. The topological polar surface area (TPSA) is 12.9 Å². The molecule has 0 bridgehead atoms.